The number of thioether (sulfide) groups is 1. The van der Waals surface area contributed by atoms with E-state index in [9.17, 15) is 22.8 Å². The molecule has 1 aliphatic rings. The van der Waals surface area contributed by atoms with E-state index in [2.05, 4.69) is 25.8 Å². The van der Waals surface area contributed by atoms with Crippen molar-refractivity contribution in [3.8, 4) is 11.3 Å². The number of benzene rings is 1. The van der Waals surface area contributed by atoms with Gasteiger partial charge in [-0.05, 0) is 82.7 Å². The quantitative estimate of drug-likeness (QED) is 0.183. The molecule has 7 nitrogen and oxygen atoms in total. The number of halogens is 4. The van der Waals surface area contributed by atoms with Gasteiger partial charge in [0.1, 0.15) is 6.54 Å². The van der Waals surface area contributed by atoms with Crippen LogP contribution in [0.25, 0.3) is 11.3 Å². The summed E-state index contributed by atoms with van der Waals surface area (Å²) in [7, 11) is 1.32. The van der Waals surface area contributed by atoms with Crippen molar-refractivity contribution in [2.24, 2.45) is 0 Å². The molecule has 0 atom stereocenters. The number of esters is 1. The third-order valence-corrected chi connectivity index (χ3v) is 9.52. The molecule has 0 saturated carbocycles. The van der Waals surface area contributed by atoms with Gasteiger partial charge in [-0.2, -0.15) is 18.3 Å². The van der Waals surface area contributed by atoms with Gasteiger partial charge in [-0.25, -0.2) is 4.98 Å². The lowest BCUT2D eigenvalue weighted by molar-refractivity contribution is -0.139. The standard InChI is InChI=1S/C28H32BrF3N4O3S2.C2H6/c1-16-10-20(14-23(38)39-5)34-36(16)15-22(37)35-8-6-17(7-9-35)26-33-24(25(29)40-26)18-11-19(27(2,3)4)13-21(12-18)41-28(30,31)32;1-2/h10-13,17H,6-9,14-15H2,1-5H3;1-2H3. The van der Waals surface area contributed by atoms with Crippen LogP contribution < -0.4 is 0 Å². The zero-order chi connectivity index (χ0) is 32.1. The molecule has 0 unspecified atom stereocenters. The molecular formula is C30H38BrF3N4O3S2. The number of aromatic nitrogens is 3. The van der Waals surface area contributed by atoms with Gasteiger partial charge in [0, 0.05) is 35.2 Å². The number of alkyl halides is 3. The summed E-state index contributed by atoms with van der Waals surface area (Å²) in [4.78, 5) is 31.4. The van der Waals surface area contributed by atoms with Crippen LogP contribution >= 0.6 is 39.0 Å². The molecule has 0 bridgehead atoms. The number of carbonyl (C=O) groups excluding carboxylic acids is 2. The molecular weight excluding hydrogens is 665 g/mol. The lowest BCUT2D eigenvalue weighted by atomic mass is 9.86. The first-order valence-electron chi connectivity index (χ1n) is 14.1. The number of carbonyl (C=O) groups is 2. The molecule has 13 heteroatoms. The first kappa shape index (κ1) is 35.1. The van der Waals surface area contributed by atoms with E-state index in [-0.39, 0.29) is 52.8 Å². The van der Waals surface area contributed by atoms with Gasteiger partial charge in [0.15, 0.2) is 0 Å². The van der Waals surface area contributed by atoms with E-state index in [1.807, 2.05) is 52.5 Å². The summed E-state index contributed by atoms with van der Waals surface area (Å²) in [5, 5.41) is 5.28. The molecule has 1 amide bonds. The van der Waals surface area contributed by atoms with Crippen LogP contribution in [-0.2, 0) is 32.7 Å². The van der Waals surface area contributed by atoms with Gasteiger partial charge >= 0.3 is 11.5 Å². The maximum absolute atomic E-state index is 13.2. The molecule has 43 heavy (non-hydrogen) atoms. The minimum Gasteiger partial charge on any atom is -0.469 e. The smallest absolute Gasteiger partial charge is 0.446 e. The fourth-order valence-corrected chi connectivity index (χ4v) is 7.12. The zero-order valence-electron chi connectivity index (χ0n) is 25.5. The van der Waals surface area contributed by atoms with Gasteiger partial charge < -0.3 is 9.64 Å². The maximum Gasteiger partial charge on any atom is 0.446 e. The zero-order valence-corrected chi connectivity index (χ0v) is 28.7. The predicted molar refractivity (Wildman–Crippen MR) is 168 cm³/mol. The molecule has 1 aromatic carbocycles. The van der Waals surface area contributed by atoms with Crippen molar-refractivity contribution in [2.45, 2.75) is 89.1 Å². The van der Waals surface area contributed by atoms with Gasteiger partial charge in [0.25, 0.3) is 0 Å². The van der Waals surface area contributed by atoms with Crippen molar-refractivity contribution in [1.82, 2.24) is 19.7 Å². The second kappa shape index (κ2) is 14.6. The summed E-state index contributed by atoms with van der Waals surface area (Å²) in [6, 6.07) is 6.84. The van der Waals surface area contributed by atoms with E-state index in [0.717, 1.165) is 32.9 Å². The normalized spacial score (nSPS) is 14.3. The van der Waals surface area contributed by atoms with Gasteiger partial charge in [-0.1, -0.05) is 34.6 Å². The molecule has 1 aliphatic heterocycles. The SMILES string of the molecule is CC.COC(=O)Cc1cc(C)n(CC(=O)N2CCC(c3nc(-c4cc(SC(F)(F)F)cc(C(C)(C)C)c4)c(Br)s3)CC2)n1. The Morgan fingerprint density at radius 2 is 1.77 bits per heavy atom. The maximum atomic E-state index is 13.2. The predicted octanol–water partition coefficient (Wildman–Crippen LogP) is 8.13. The summed E-state index contributed by atoms with van der Waals surface area (Å²) < 4.78 is 46.7. The first-order valence-corrected chi connectivity index (χ1v) is 16.5. The van der Waals surface area contributed by atoms with Gasteiger partial charge in [-0.15, -0.1) is 11.3 Å². The number of rotatable bonds is 7. The molecule has 4 rings (SSSR count). The number of ether oxygens (including phenoxy) is 1. The Labute approximate surface area is 267 Å². The van der Waals surface area contributed by atoms with Crippen LogP contribution in [0.15, 0.2) is 32.9 Å². The van der Waals surface area contributed by atoms with Gasteiger partial charge in [0.05, 0.1) is 33.7 Å². The molecule has 236 valence electrons. The lowest BCUT2D eigenvalue weighted by Crippen LogP contribution is -2.40. The van der Waals surface area contributed by atoms with Crippen LogP contribution in [-0.4, -0.2) is 57.2 Å². The van der Waals surface area contributed by atoms with E-state index in [4.69, 9.17) is 4.98 Å². The van der Waals surface area contributed by atoms with Crippen LogP contribution in [0.2, 0.25) is 0 Å². The Morgan fingerprint density at radius 1 is 1.12 bits per heavy atom. The second-order valence-corrected chi connectivity index (χ2v) is 14.5. The number of amides is 1. The molecule has 0 spiro atoms. The summed E-state index contributed by atoms with van der Waals surface area (Å²) >= 11 is 4.98. The summed E-state index contributed by atoms with van der Waals surface area (Å²) in [6.07, 6.45) is 1.51. The first-order chi connectivity index (χ1) is 20.1. The van der Waals surface area contributed by atoms with Crippen molar-refractivity contribution in [3.05, 3.63) is 50.0 Å². The Balaban J connectivity index is 0.00000248. The van der Waals surface area contributed by atoms with Crippen molar-refractivity contribution < 1.29 is 27.5 Å². The third-order valence-electron chi connectivity index (χ3n) is 6.95. The van der Waals surface area contributed by atoms with Crippen LogP contribution in [0.5, 0.6) is 0 Å². The average molecular weight is 704 g/mol. The average Bonchev–Trinajstić information content (AvgIpc) is 3.49. The van der Waals surface area contributed by atoms with Crippen LogP contribution in [0.1, 0.15) is 75.3 Å². The Kier molecular flexibility index (Phi) is 11.9. The monoisotopic (exact) mass is 702 g/mol. The van der Waals surface area contributed by atoms with E-state index in [1.165, 1.54) is 18.4 Å². The fourth-order valence-electron chi connectivity index (χ4n) is 4.68. The number of hydrogen-bond donors (Lipinski definition) is 0. The highest BCUT2D eigenvalue weighted by molar-refractivity contribution is 9.11. The number of hydrogen-bond acceptors (Lipinski definition) is 7. The Hall–Kier alpha value is -2.38. The van der Waals surface area contributed by atoms with Crippen molar-refractivity contribution in [1.29, 1.82) is 0 Å². The molecule has 3 aromatic rings. The van der Waals surface area contributed by atoms with Crippen molar-refractivity contribution in [3.63, 3.8) is 0 Å². The number of thiazole rings is 1. The molecule has 3 heterocycles. The molecule has 0 radical (unpaired) electrons. The lowest BCUT2D eigenvalue weighted by Gasteiger charge is -2.31. The number of methoxy groups -OCH3 is 1. The number of nitrogens with zero attached hydrogens (tertiary/aromatic N) is 4. The Bertz CT molecular complexity index is 1420. The van der Waals surface area contributed by atoms with Crippen molar-refractivity contribution >= 4 is 50.9 Å². The number of aryl methyl sites for hydroxylation is 1. The van der Waals surface area contributed by atoms with Gasteiger partial charge in [0.2, 0.25) is 5.91 Å². The topological polar surface area (TPSA) is 77.3 Å². The molecule has 0 aliphatic carbocycles. The third kappa shape index (κ3) is 9.55. The Morgan fingerprint density at radius 3 is 2.35 bits per heavy atom. The minimum absolute atomic E-state index is 0.0473. The summed E-state index contributed by atoms with van der Waals surface area (Å²) in [6.45, 7) is 13.0. The van der Waals surface area contributed by atoms with Crippen molar-refractivity contribution in [2.75, 3.05) is 20.2 Å². The van der Waals surface area contributed by atoms with E-state index >= 15 is 0 Å². The highest BCUT2D eigenvalue weighted by Crippen LogP contribution is 2.44. The van der Waals surface area contributed by atoms with E-state index in [0.29, 0.717) is 30.0 Å². The van der Waals surface area contributed by atoms with E-state index in [1.54, 1.807) is 22.9 Å². The van der Waals surface area contributed by atoms with Gasteiger partial charge in [-0.3, -0.25) is 14.3 Å². The van der Waals surface area contributed by atoms with Crippen LogP contribution in [0, 0.1) is 6.92 Å². The number of likely N-dealkylation sites (tertiary alicyclic amines) is 1. The van der Waals surface area contributed by atoms with Crippen LogP contribution in [0.4, 0.5) is 13.2 Å². The number of piperidine rings is 1. The highest BCUT2D eigenvalue weighted by Gasteiger charge is 2.31. The molecule has 2 aromatic heterocycles. The molecule has 1 fully saturated rings. The minimum atomic E-state index is -4.38. The summed E-state index contributed by atoms with van der Waals surface area (Å²) in [5.41, 5.74) is -1.28. The fraction of sp³-hybridized carbons (Fsp3) is 0.533. The highest BCUT2D eigenvalue weighted by atomic mass is 79.9. The largest absolute Gasteiger partial charge is 0.469 e. The van der Waals surface area contributed by atoms with E-state index < -0.39 is 5.51 Å². The van der Waals surface area contributed by atoms with Crippen LogP contribution in [0.3, 0.4) is 0 Å². The molecule has 0 N–H and O–H groups in total. The second-order valence-electron chi connectivity index (χ2n) is 11.1. The molecule has 1 saturated heterocycles. The summed E-state index contributed by atoms with van der Waals surface area (Å²) in [5.74, 6) is -0.293.